The Bertz CT molecular complexity index is 944. The molecule has 148 valence electrons. The highest BCUT2D eigenvalue weighted by Crippen LogP contribution is 2.38. The van der Waals surface area contributed by atoms with Crippen LogP contribution in [0, 0.1) is 0 Å². The number of fused-ring (bicyclic) bond motifs is 1. The first-order valence-electron chi connectivity index (χ1n) is 9.38. The second-order valence-electron chi connectivity index (χ2n) is 7.36. The van der Waals surface area contributed by atoms with E-state index in [0.717, 1.165) is 23.0 Å². The molecule has 3 aromatic rings. The fourth-order valence-corrected chi connectivity index (χ4v) is 3.89. The molecule has 1 aliphatic rings. The van der Waals surface area contributed by atoms with Crippen LogP contribution in [0.2, 0.25) is 0 Å². The number of halogens is 3. The molecule has 2 aromatic heterocycles. The first kappa shape index (κ1) is 19.0. The third-order valence-corrected chi connectivity index (χ3v) is 5.67. The van der Waals surface area contributed by atoms with Gasteiger partial charge in [0.1, 0.15) is 0 Å². The van der Waals surface area contributed by atoms with E-state index in [9.17, 15) is 18.3 Å². The molecular formula is C21H22F3N3O. The molecule has 1 aliphatic heterocycles. The van der Waals surface area contributed by atoms with Gasteiger partial charge < -0.3 is 14.6 Å². The quantitative estimate of drug-likeness (QED) is 0.735. The zero-order valence-electron chi connectivity index (χ0n) is 15.4. The predicted molar refractivity (Wildman–Crippen MR) is 101 cm³/mol. The standard InChI is InChI=1S/C21H22F3N3O/c22-21(23,24)20(28)8-14-26(15-9-20)12-6-16-2-1-3-19-18(16)7-13-27(19)17-4-10-25-11-5-17/h1-5,7,10-11,13,28H,6,8-9,12,14-15H2. The van der Waals surface area contributed by atoms with Crippen molar-refractivity contribution in [3.8, 4) is 5.69 Å². The molecule has 1 saturated heterocycles. The first-order chi connectivity index (χ1) is 13.4. The fraction of sp³-hybridized carbons (Fsp3) is 0.381. The number of benzene rings is 1. The molecule has 0 unspecified atom stereocenters. The lowest BCUT2D eigenvalue weighted by Gasteiger charge is -2.39. The molecule has 0 radical (unpaired) electrons. The fourth-order valence-electron chi connectivity index (χ4n) is 3.89. The van der Waals surface area contributed by atoms with Gasteiger partial charge in [-0.2, -0.15) is 13.2 Å². The van der Waals surface area contributed by atoms with Crippen LogP contribution in [0.5, 0.6) is 0 Å². The van der Waals surface area contributed by atoms with Gasteiger partial charge >= 0.3 is 6.18 Å². The number of pyridine rings is 1. The number of rotatable bonds is 4. The van der Waals surface area contributed by atoms with E-state index in [-0.39, 0.29) is 25.9 Å². The van der Waals surface area contributed by atoms with E-state index in [1.807, 2.05) is 29.3 Å². The summed E-state index contributed by atoms with van der Waals surface area (Å²) in [6.45, 7) is 1.18. The molecule has 0 bridgehead atoms. The zero-order chi connectivity index (χ0) is 19.8. The predicted octanol–water partition coefficient (Wildman–Crippen LogP) is 3.96. The van der Waals surface area contributed by atoms with Crippen LogP contribution in [-0.4, -0.2) is 51.0 Å². The molecule has 0 spiro atoms. The number of aliphatic hydroxyl groups is 1. The zero-order valence-corrected chi connectivity index (χ0v) is 15.4. The highest BCUT2D eigenvalue weighted by molar-refractivity contribution is 5.85. The summed E-state index contributed by atoms with van der Waals surface area (Å²) in [5, 5.41) is 10.9. The van der Waals surface area contributed by atoms with E-state index >= 15 is 0 Å². The molecule has 7 heteroatoms. The average Bonchev–Trinajstić information content (AvgIpc) is 3.12. The Labute approximate surface area is 161 Å². The van der Waals surface area contributed by atoms with E-state index in [4.69, 9.17) is 0 Å². The van der Waals surface area contributed by atoms with Crippen LogP contribution < -0.4 is 0 Å². The second kappa shape index (κ2) is 7.22. The van der Waals surface area contributed by atoms with E-state index in [0.29, 0.717) is 6.54 Å². The molecule has 0 aliphatic carbocycles. The van der Waals surface area contributed by atoms with Crippen molar-refractivity contribution < 1.29 is 18.3 Å². The minimum absolute atomic E-state index is 0.254. The molecule has 0 saturated carbocycles. The lowest BCUT2D eigenvalue weighted by atomic mass is 9.90. The van der Waals surface area contributed by atoms with Crippen molar-refractivity contribution in [1.82, 2.24) is 14.5 Å². The summed E-state index contributed by atoms with van der Waals surface area (Å²) in [4.78, 5) is 6.05. The Balaban J connectivity index is 1.46. The summed E-state index contributed by atoms with van der Waals surface area (Å²) in [5.41, 5.74) is 0.756. The maximum absolute atomic E-state index is 12.9. The van der Waals surface area contributed by atoms with E-state index in [1.165, 1.54) is 5.56 Å². The van der Waals surface area contributed by atoms with Crippen molar-refractivity contribution in [1.29, 1.82) is 0 Å². The van der Waals surface area contributed by atoms with Crippen molar-refractivity contribution in [2.24, 2.45) is 0 Å². The van der Waals surface area contributed by atoms with Crippen molar-refractivity contribution in [3.05, 3.63) is 60.6 Å². The Morgan fingerprint density at radius 1 is 1.04 bits per heavy atom. The van der Waals surface area contributed by atoms with Crippen LogP contribution in [0.3, 0.4) is 0 Å². The van der Waals surface area contributed by atoms with Crippen LogP contribution in [0.25, 0.3) is 16.6 Å². The number of hydrogen-bond donors (Lipinski definition) is 1. The van der Waals surface area contributed by atoms with Crippen molar-refractivity contribution in [3.63, 3.8) is 0 Å². The lowest BCUT2D eigenvalue weighted by molar-refractivity contribution is -0.272. The number of nitrogens with zero attached hydrogens (tertiary/aromatic N) is 3. The van der Waals surface area contributed by atoms with Gasteiger partial charge in [-0.3, -0.25) is 4.98 Å². The Kier molecular flexibility index (Phi) is 4.89. The molecule has 0 atom stereocenters. The van der Waals surface area contributed by atoms with Crippen LogP contribution in [0.1, 0.15) is 18.4 Å². The van der Waals surface area contributed by atoms with Gasteiger partial charge in [-0.05, 0) is 49.1 Å². The molecule has 0 amide bonds. The normalized spacial score (nSPS) is 17.9. The highest BCUT2D eigenvalue weighted by atomic mass is 19.4. The number of piperidine rings is 1. The molecule has 4 rings (SSSR count). The number of aromatic nitrogens is 2. The smallest absolute Gasteiger partial charge is 0.380 e. The Morgan fingerprint density at radius 3 is 2.43 bits per heavy atom. The van der Waals surface area contributed by atoms with Gasteiger partial charge in [0.25, 0.3) is 0 Å². The maximum Gasteiger partial charge on any atom is 0.417 e. The Morgan fingerprint density at radius 2 is 1.75 bits per heavy atom. The van der Waals surface area contributed by atoms with E-state index < -0.39 is 11.8 Å². The number of hydrogen-bond acceptors (Lipinski definition) is 3. The minimum atomic E-state index is -4.56. The van der Waals surface area contributed by atoms with Crippen molar-refractivity contribution >= 4 is 10.9 Å². The van der Waals surface area contributed by atoms with Gasteiger partial charge in [-0.1, -0.05) is 12.1 Å². The third kappa shape index (κ3) is 3.52. The van der Waals surface area contributed by atoms with Crippen LogP contribution in [-0.2, 0) is 6.42 Å². The van der Waals surface area contributed by atoms with Gasteiger partial charge in [-0.15, -0.1) is 0 Å². The van der Waals surface area contributed by atoms with Gasteiger partial charge in [0.05, 0.1) is 5.52 Å². The number of alkyl halides is 3. The molecule has 1 aromatic carbocycles. The van der Waals surface area contributed by atoms with Crippen molar-refractivity contribution in [2.75, 3.05) is 19.6 Å². The van der Waals surface area contributed by atoms with Gasteiger partial charge in [-0.25, -0.2) is 0 Å². The summed E-state index contributed by atoms with van der Waals surface area (Å²) >= 11 is 0. The first-order valence-corrected chi connectivity index (χ1v) is 9.38. The monoisotopic (exact) mass is 389 g/mol. The summed E-state index contributed by atoms with van der Waals surface area (Å²) < 4.78 is 40.9. The SMILES string of the molecule is OC1(C(F)(F)F)CCN(CCc2cccc3c2ccn3-c2ccncc2)CC1. The summed E-state index contributed by atoms with van der Waals surface area (Å²) in [6, 6.07) is 12.1. The topological polar surface area (TPSA) is 41.3 Å². The Hall–Kier alpha value is -2.38. The molecular weight excluding hydrogens is 367 g/mol. The largest absolute Gasteiger partial charge is 0.417 e. The van der Waals surface area contributed by atoms with E-state index in [1.54, 1.807) is 12.4 Å². The molecule has 4 nitrogen and oxygen atoms in total. The third-order valence-electron chi connectivity index (χ3n) is 5.67. The highest BCUT2D eigenvalue weighted by Gasteiger charge is 2.54. The van der Waals surface area contributed by atoms with Gasteiger partial charge in [0.15, 0.2) is 5.60 Å². The van der Waals surface area contributed by atoms with Gasteiger partial charge in [0.2, 0.25) is 0 Å². The maximum atomic E-state index is 12.9. The van der Waals surface area contributed by atoms with Crippen molar-refractivity contribution in [2.45, 2.75) is 31.0 Å². The lowest BCUT2D eigenvalue weighted by Crippen LogP contribution is -2.53. The van der Waals surface area contributed by atoms with Gasteiger partial charge in [0, 0.05) is 49.3 Å². The molecule has 28 heavy (non-hydrogen) atoms. The summed E-state index contributed by atoms with van der Waals surface area (Å²) in [7, 11) is 0. The second-order valence-corrected chi connectivity index (χ2v) is 7.36. The molecule has 1 N–H and O–H groups in total. The molecule has 3 heterocycles. The van der Waals surface area contributed by atoms with Crippen LogP contribution >= 0.6 is 0 Å². The minimum Gasteiger partial charge on any atom is -0.380 e. The molecule has 1 fully saturated rings. The average molecular weight is 389 g/mol. The summed E-state index contributed by atoms with van der Waals surface area (Å²) in [5.74, 6) is 0. The number of likely N-dealkylation sites (tertiary alicyclic amines) is 1. The van der Waals surface area contributed by atoms with Crippen LogP contribution in [0.15, 0.2) is 55.0 Å². The summed E-state index contributed by atoms with van der Waals surface area (Å²) in [6.07, 6.45) is 1.20. The van der Waals surface area contributed by atoms with Crippen LogP contribution in [0.4, 0.5) is 13.2 Å². The van der Waals surface area contributed by atoms with E-state index in [2.05, 4.69) is 27.8 Å².